The number of carbonyl (C=O) groups excluding carboxylic acids is 1. The number of rotatable bonds is 2. The van der Waals surface area contributed by atoms with Gasteiger partial charge in [0.1, 0.15) is 5.69 Å². The van der Waals surface area contributed by atoms with Gasteiger partial charge in [-0.05, 0) is 18.6 Å². The molecule has 0 unspecified atom stereocenters. The molecule has 22 heavy (non-hydrogen) atoms. The molecule has 0 aliphatic carbocycles. The second-order valence-corrected chi connectivity index (χ2v) is 5.38. The van der Waals surface area contributed by atoms with E-state index in [0.717, 1.165) is 12.1 Å². The summed E-state index contributed by atoms with van der Waals surface area (Å²) in [6, 6.07) is 11.5. The maximum Gasteiger partial charge on any atom is 0.345 e. The SMILES string of the molecule is Cc1cc(C(=O)N2CCNC[C@@H]2c2ccccc2)nc(=O)[nH]1. The van der Waals surface area contributed by atoms with Crippen LogP contribution in [0.2, 0.25) is 0 Å². The second-order valence-electron chi connectivity index (χ2n) is 5.38. The number of piperazine rings is 1. The van der Waals surface area contributed by atoms with Crippen LogP contribution in [0.4, 0.5) is 0 Å². The van der Waals surface area contributed by atoms with Gasteiger partial charge in [-0.3, -0.25) is 4.79 Å². The first-order valence-corrected chi connectivity index (χ1v) is 7.30. The summed E-state index contributed by atoms with van der Waals surface area (Å²) in [7, 11) is 0. The van der Waals surface area contributed by atoms with Crippen LogP contribution >= 0.6 is 0 Å². The summed E-state index contributed by atoms with van der Waals surface area (Å²) in [5.41, 5.74) is 1.41. The fourth-order valence-electron chi connectivity index (χ4n) is 2.76. The van der Waals surface area contributed by atoms with Gasteiger partial charge in [0, 0.05) is 25.3 Å². The molecule has 6 nitrogen and oxygen atoms in total. The topological polar surface area (TPSA) is 78.1 Å². The number of benzene rings is 1. The fourth-order valence-corrected chi connectivity index (χ4v) is 2.76. The average Bonchev–Trinajstić information content (AvgIpc) is 2.54. The van der Waals surface area contributed by atoms with Gasteiger partial charge in [-0.25, -0.2) is 4.79 Å². The van der Waals surface area contributed by atoms with Crippen LogP contribution in [0.5, 0.6) is 0 Å². The lowest BCUT2D eigenvalue weighted by atomic mass is 10.0. The van der Waals surface area contributed by atoms with E-state index in [0.29, 0.717) is 18.8 Å². The third kappa shape index (κ3) is 2.92. The number of amides is 1. The van der Waals surface area contributed by atoms with Crippen molar-refractivity contribution >= 4 is 5.91 Å². The van der Waals surface area contributed by atoms with Gasteiger partial charge in [0.15, 0.2) is 0 Å². The van der Waals surface area contributed by atoms with E-state index in [9.17, 15) is 9.59 Å². The van der Waals surface area contributed by atoms with Crippen LogP contribution in [0.3, 0.4) is 0 Å². The number of nitrogens with one attached hydrogen (secondary N) is 2. The number of aryl methyl sites for hydroxylation is 1. The number of hydrogen-bond donors (Lipinski definition) is 2. The zero-order valence-corrected chi connectivity index (χ0v) is 12.4. The van der Waals surface area contributed by atoms with E-state index >= 15 is 0 Å². The maximum atomic E-state index is 12.8. The Balaban J connectivity index is 1.93. The highest BCUT2D eigenvalue weighted by molar-refractivity contribution is 5.92. The zero-order valence-electron chi connectivity index (χ0n) is 12.4. The molecule has 6 heteroatoms. The molecule has 1 aromatic carbocycles. The van der Waals surface area contributed by atoms with E-state index in [1.54, 1.807) is 17.9 Å². The summed E-state index contributed by atoms with van der Waals surface area (Å²) >= 11 is 0. The number of nitrogens with zero attached hydrogens (tertiary/aromatic N) is 2. The molecule has 1 fully saturated rings. The summed E-state index contributed by atoms with van der Waals surface area (Å²) in [4.78, 5) is 32.4. The largest absolute Gasteiger partial charge is 0.345 e. The third-order valence-electron chi connectivity index (χ3n) is 3.79. The van der Waals surface area contributed by atoms with Crippen molar-refractivity contribution in [3.63, 3.8) is 0 Å². The predicted octanol–water partition coefficient (Wildman–Crippen LogP) is 0.865. The minimum Gasteiger partial charge on any atom is -0.328 e. The van der Waals surface area contributed by atoms with Gasteiger partial charge in [0.25, 0.3) is 5.91 Å². The van der Waals surface area contributed by atoms with E-state index in [2.05, 4.69) is 15.3 Å². The number of hydrogen-bond acceptors (Lipinski definition) is 4. The summed E-state index contributed by atoms with van der Waals surface area (Å²) in [5, 5.41) is 3.31. The summed E-state index contributed by atoms with van der Waals surface area (Å²) in [5.74, 6) is -0.204. The van der Waals surface area contributed by atoms with E-state index in [4.69, 9.17) is 0 Å². The number of aromatic amines is 1. The molecule has 0 bridgehead atoms. The molecule has 0 spiro atoms. The lowest BCUT2D eigenvalue weighted by molar-refractivity contribution is 0.0627. The van der Waals surface area contributed by atoms with E-state index < -0.39 is 5.69 Å². The van der Waals surface area contributed by atoms with Gasteiger partial charge in [-0.1, -0.05) is 30.3 Å². The van der Waals surface area contributed by atoms with Crippen LogP contribution in [0.15, 0.2) is 41.2 Å². The van der Waals surface area contributed by atoms with Crippen molar-refractivity contribution in [2.75, 3.05) is 19.6 Å². The molecule has 1 aromatic heterocycles. The highest BCUT2D eigenvalue weighted by atomic mass is 16.2. The van der Waals surface area contributed by atoms with Gasteiger partial charge in [-0.15, -0.1) is 0 Å². The molecule has 3 rings (SSSR count). The first-order valence-electron chi connectivity index (χ1n) is 7.30. The summed E-state index contributed by atoms with van der Waals surface area (Å²) in [6.07, 6.45) is 0. The summed E-state index contributed by atoms with van der Waals surface area (Å²) in [6.45, 7) is 3.76. The fraction of sp³-hybridized carbons (Fsp3) is 0.312. The van der Waals surface area contributed by atoms with Crippen LogP contribution in [-0.4, -0.2) is 40.4 Å². The van der Waals surface area contributed by atoms with Gasteiger partial charge < -0.3 is 15.2 Å². The Morgan fingerprint density at radius 1 is 1.32 bits per heavy atom. The van der Waals surface area contributed by atoms with Gasteiger partial charge in [-0.2, -0.15) is 4.98 Å². The van der Waals surface area contributed by atoms with Gasteiger partial charge >= 0.3 is 5.69 Å². The van der Waals surface area contributed by atoms with Crippen molar-refractivity contribution in [3.05, 3.63) is 63.8 Å². The average molecular weight is 298 g/mol. The van der Waals surface area contributed by atoms with Gasteiger partial charge in [0.05, 0.1) is 6.04 Å². The zero-order chi connectivity index (χ0) is 15.5. The lowest BCUT2D eigenvalue weighted by Crippen LogP contribution is -2.49. The van der Waals surface area contributed by atoms with Crippen LogP contribution in [0.1, 0.15) is 27.8 Å². The lowest BCUT2D eigenvalue weighted by Gasteiger charge is -2.36. The van der Waals surface area contributed by atoms with Gasteiger partial charge in [0.2, 0.25) is 0 Å². The highest BCUT2D eigenvalue weighted by Crippen LogP contribution is 2.23. The molecule has 2 heterocycles. The highest BCUT2D eigenvalue weighted by Gasteiger charge is 2.29. The quantitative estimate of drug-likeness (QED) is 0.862. The molecular formula is C16H18N4O2. The Morgan fingerprint density at radius 2 is 2.09 bits per heavy atom. The normalized spacial score (nSPS) is 18.2. The molecule has 1 aliphatic heterocycles. The smallest absolute Gasteiger partial charge is 0.328 e. The van der Waals surface area contributed by atoms with Crippen molar-refractivity contribution in [2.45, 2.75) is 13.0 Å². The summed E-state index contributed by atoms with van der Waals surface area (Å²) < 4.78 is 0. The predicted molar refractivity (Wildman–Crippen MR) is 82.7 cm³/mol. The molecule has 1 aliphatic rings. The first kappa shape index (κ1) is 14.5. The first-order chi connectivity index (χ1) is 10.6. The number of H-pyrrole nitrogens is 1. The van der Waals surface area contributed by atoms with Crippen molar-refractivity contribution in [3.8, 4) is 0 Å². The number of carbonyl (C=O) groups is 1. The maximum absolute atomic E-state index is 12.8. The van der Waals surface area contributed by atoms with E-state index in [1.165, 1.54) is 0 Å². The van der Waals surface area contributed by atoms with E-state index in [-0.39, 0.29) is 17.6 Å². The van der Waals surface area contributed by atoms with Crippen molar-refractivity contribution in [1.82, 2.24) is 20.2 Å². The molecular weight excluding hydrogens is 280 g/mol. The van der Waals surface area contributed by atoms with Crippen LogP contribution in [-0.2, 0) is 0 Å². The molecule has 114 valence electrons. The van der Waals surface area contributed by atoms with Crippen molar-refractivity contribution in [2.24, 2.45) is 0 Å². The van der Waals surface area contributed by atoms with Crippen molar-refractivity contribution in [1.29, 1.82) is 0 Å². The molecule has 1 amide bonds. The minimum absolute atomic E-state index is 0.0520. The monoisotopic (exact) mass is 298 g/mol. The van der Waals surface area contributed by atoms with E-state index in [1.807, 2.05) is 30.3 Å². The Hall–Kier alpha value is -2.47. The Morgan fingerprint density at radius 3 is 2.82 bits per heavy atom. The van der Waals surface area contributed by atoms with Crippen LogP contribution in [0.25, 0.3) is 0 Å². The van der Waals surface area contributed by atoms with Crippen LogP contribution < -0.4 is 11.0 Å². The molecule has 1 saturated heterocycles. The number of aromatic nitrogens is 2. The molecule has 0 saturated carbocycles. The third-order valence-corrected chi connectivity index (χ3v) is 3.79. The molecule has 1 atom stereocenters. The minimum atomic E-state index is -0.491. The Bertz CT molecular complexity index is 726. The molecule has 2 N–H and O–H groups in total. The van der Waals surface area contributed by atoms with Crippen molar-refractivity contribution < 1.29 is 4.79 Å². The van der Waals surface area contributed by atoms with Crippen LogP contribution in [0, 0.1) is 6.92 Å². The Labute approximate surface area is 128 Å². The molecule has 0 radical (unpaired) electrons. The Kier molecular flexibility index (Phi) is 4.02. The standard InChI is InChI=1S/C16H18N4O2/c1-11-9-13(19-16(22)18-11)15(21)20-8-7-17-10-14(20)12-5-3-2-4-6-12/h2-6,9,14,17H,7-8,10H2,1H3,(H,18,19,22)/t14-/m1/s1. The second kappa shape index (κ2) is 6.11. The molecule has 2 aromatic rings.